The summed E-state index contributed by atoms with van der Waals surface area (Å²) in [6.45, 7) is 7.08. The monoisotopic (exact) mass is 412 g/mol. The molecule has 3 aromatic rings. The van der Waals surface area contributed by atoms with Crippen LogP contribution in [0.2, 0.25) is 0 Å². The molecule has 0 aliphatic heterocycles. The zero-order valence-corrected chi connectivity index (χ0v) is 18.4. The van der Waals surface area contributed by atoms with Gasteiger partial charge in [-0.3, -0.25) is 0 Å². The molecule has 0 amide bonds. The normalized spacial score (nSPS) is 15.9. The molecule has 1 atom stereocenters. The van der Waals surface area contributed by atoms with E-state index < -0.39 is 0 Å². The topological polar surface area (TPSA) is 35.5 Å². The van der Waals surface area contributed by atoms with Crippen LogP contribution in [0.4, 0.5) is 0 Å². The molecule has 3 heteroatoms. The molecule has 1 unspecified atom stereocenters. The van der Waals surface area contributed by atoms with Crippen LogP contribution in [0.1, 0.15) is 54.6 Å². The van der Waals surface area contributed by atoms with Crippen LogP contribution in [0.25, 0.3) is 10.8 Å². The van der Waals surface area contributed by atoms with Gasteiger partial charge in [-0.2, -0.15) is 0 Å². The summed E-state index contributed by atoms with van der Waals surface area (Å²) in [6.07, 6.45) is 5.56. The fourth-order valence-electron chi connectivity index (χ4n) is 4.14. The number of hydrogen-bond donors (Lipinski definition) is 0. The smallest absolute Gasteiger partial charge is 0.338 e. The lowest BCUT2D eigenvalue weighted by molar-refractivity contribution is 0.0526. The number of ether oxygens (including phenoxy) is 2. The zero-order valence-electron chi connectivity index (χ0n) is 18.4. The summed E-state index contributed by atoms with van der Waals surface area (Å²) in [5.41, 5.74) is 5.86. The van der Waals surface area contributed by atoms with E-state index in [9.17, 15) is 4.79 Å². The van der Waals surface area contributed by atoms with Gasteiger partial charge in [0.2, 0.25) is 0 Å². The van der Waals surface area contributed by atoms with Gasteiger partial charge in [-0.05, 0) is 79.4 Å². The summed E-state index contributed by atoms with van der Waals surface area (Å²) in [5.74, 6) is 0.856. The first-order valence-electron chi connectivity index (χ1n) is 10.8. The first kappa shape index (κ1) is 20.9. The maximum Gasteiger partial charge on any atom is 0.338 e. The lowest BCUT2D eigenvalue weighted by atomic mass is 9.81. The van der Waals surface area contributed by atoms with Crippen molar-refractivity contribution in [2.45, 2.75) is 39.7 Å². The summed E-state index contributed by atoms with van der Waals surface area (Å²) in [7, 11) is 0. The highest BCUT2D eigenvalue weighted by molar-refractivity contribution is 5.89. The lowest BCUT2D eigenvalue weighted by Crippen LogP contribution is -2.05. The quantitative estimate of drug-likeness (QED) is 0.410. The van der Waals surface area contributed by atoms with Gasteiger partial charge in [0.25, 0.3) is 0 Å². The zero-order chi connectivity index (χ0) is 21.8. The largest absolute Gasteiger partial charge is 0.489 e. The molecule has 31 heavy (non-hydrogen) atoms. The van der Waals surface area contributed by atoms with Gasteiger partial charge in [0.05, 0.1) is 12.2 Å². The first-order chi connectivity index (χ1) is 15.1. The Morgan fingerprint density at radius 1 is 1.03 bits per heavy atom. The van der Waals surface area contributed by atoms with Gasteiger partial charge in [0, 0.05) is 5.92 Å². The van der Waals surface area contributed by atoms with E-state index in [-0.39, 0.29) is 5.97 Å². The number of allylic oxidation sites excluding steroid dienone is 4. The van der Waals surface area contributed by atoms with Crippen LogP contribution >= 0.6 is 0 Å². The predicted octanol–water partition coefficient (Wildman–Crippen LogP) is 6.98. The second-order valence-electron chi connectivity index (χ2n) is 7.99. The Bertz CT molecular complexity index is 1150. The number of esters is 1. The summed E-state index contributed by atoms with van der Waals surface area (Å²) in [5, 5.41) is 2.54. The van der Waals surface area contributed by atoms with E-state index in [4.69, 9.17) is 9.47 Å². The van der Waals surface area contributed by atoms with Crippen molar-refractivity contribution in [2.24, 2.45) is 0 Å². The fourth-order valence-corrected chi connectivity index (χ4v) is 4.14. The molecule has 0 saturated carbocycles. The number of carbonyl (C=O) groups excluding carboxylic acids is 1. The Kier molecular flexibility index (Phi) is 6.22. The van der Waals surface area contributed by atoms with Crippen molar-refractivity contribution < 1.29 is 14.3 Å². The van der Waals surface area contributed by atoms with E-state index in [1.54, 1.807) is 31.2 Å². The molecule has 0 saturated heterocycles. The molecule has 0 bridgehead atoms. The van der Waals surface area contributed by atoms with Crippen LogP contribution in [0.15, 0.2) is 84.0 Å². The molecule has 0 radical (unpaired) electrons. The molecule has 0 aromatic heterocycles. The van der Waals surface area contributed by atoms with Crippen LogP contribution < -0.4 is 4.74 Å². The van der Waals surface area contributed by atoms with Gasteiger partial charge in [-0.15, -0.1) is 0 Å². The molecule has 3 nitrogen and oxygen atoms in total. The van der Waals surface area contributed by atoms with Crippen LogP contribution in [0.5, 0.6) is 5.75 Å². The highest BCUT2D eigenvalue weighted by atomic mass is 16.5. The van der Waals surface area contributed by atoms with Crippen molar-refractivity contribution in [3.05, 3.63) is 101 Å². The molecule has 0 N–H and O–H groups in total. The minimum atomic E-state index is -0.312. The summed E-state index contributed by atoms with van der Waals surface area (Å²) in [6, 6.07) is 20.2. The Balaban J connectivity index is 1.50. The van der Waals surface area contributed by atoms with Crippen LogP contribution in [0.3, 0.4) is 0 Å². The van der Waals surface area contributed by atoms with Gasteiger partial charge in [-0.1, -0.05) is 53.6 Å². The van der Waals surface area contributed by atoms with Crippen molar-refractivity contribution in [2.75, 3.05) is 6.61 Å². The van der Waals surface area contributed by atoms with E-state index in [1.165, 1.54) is 27.5 Å². The van der Waals surface area contributed by atoms with E-state index >= 15 is 0 Å². The molecule has 1 aliphatic rings. The van der Waals surface area contributed by atoms with E-state index in [0.29, 0.717) is 24.7 Å². The maximum absolute atomic E-state index is 11.8. The summed E-state index contributed by atoms with van der Waals surface area (Å²) >= 11 is 0. The molecule has 158 valence electrons. The Labute approximate surface area is 184 Å². The van der Waals surface area contributed by atoms with E-state index in [1.807, 2.05) is 0 Å². The fraction of sp³-hybridized carbons (Fsp3) is 0.250. The number of benzene rings is 3. The number of hydrogen-bond acceptors (Lipinski definition) is 3. The molecule has 1 aliphatic carbocycles. The third-order valence-electron chi connectivity index (χ3n) is 6.01. The minimum absolute atomic E-state index is 0.312. The molecule has 3 aromatic carbocycles. The number of fused-ring (bicyclic) bond motifs is 1. The third-order valence-corrected chi connectivity index (χ3v) is 6.01. The average molecular weight is 413 g/mol. The van der Waals surface area contributed by atoms with E-state index in [2.05, 4.69) is 62.4 Å². The molecule has 0 spiro atoms. The van der Waals surface area contributed by atoms with Gasteiger partial charge in [0.15, 0.2) is 0 Å². The van der Waals surface area contributed by atoms with Gasteiger partial charge in [-0.25, -0.2) is 4.79 Å². The Morgan fingerprint density at radius 3 is 2.61 bits per heavy atom. The summed E-state index contributed by atoms with van der Waals surface area (Å²) < 4.78 is 11.0. The van der Waals surface area contributed by atoms with Crippen LogP contribution in [-0.2, 0) is 11.3 Å². The molecule has 4 rings (SSSR count). The van der Waals surface area contributed by atoms with Crippen LogP contribution in [-0.4, -0.2) is 12.6 Å². The molecular weight excluding hydrogens is 384 g/mol. The SMILES string of the molecule is CCOC(=O)c1ccc(OCc2ccc3c(C4CC=CC(C)=C4C)cccc3c2)cc1. The third kappa shape index (κ3) is 4.56. The summed E-state index contributed by atoms with van der Waals surface area (Å²) in [4.78, 5) is 11.8. The van der Waals surface area contributed by atoms with Crippen molar-refractivity contribution in [3.63, 3.8) is 0 Å². The van der Waals surface area contributed by atoms with Crippen LogP contribution in [0, 0.1) is 0 Å². The maximum atomic E-state index is 11.8. The van der Waals surface area contributed by atoms with Crippen molar-refractivity contribution in [1.29, 1.82) is 0 Å². The molecule has 0 fully saturated rings. The Hall–Kier alpha value is -3.33. The van der Waals surface area contributed by atoms with Gasteiger partial charge in [0.1, 0.15) is 12.4 Å². The standard InChI is InChI=1S/C28H28O3/c1-4-30-28(29)22-12-14-24(15-13-22)31-18-21-11-16-26-23(17-21)8-6-10-27(26)25-9-5-7-19(2)20(25)3/h5-8,10-17,25H,4,9,18H2,1-3H3. The lowest BCUT2D eigenvalue weighted by Gasteiger charge is -2.23. The predicted molar refractivity (Wildman–Crippen MR) is 126 cm³/mol. The first-order valence-corrected chi connectivity index (χ1v) is 10.8. The Morgan fingerprint density at radius 2 is 1.84 bits per heavy atom. The average Bonchev–Trinajstić information content (AvgIpc) is 2.79. The highest BCUT2D eigenvalue weighted by Gasteiger charge is 2.18. The second-order valence-corrected chi connectivity index (χ2v) is 7.99. The van der Waals surface area contributed by atoms with Gasteiger partial charge < -0.3 is 9.47 Å². The number of rotatable bonds is 6. The molecular formula is C28H28O3. The van der Waals surface area contributed by atoms with Crippen molar-refractivity contribution in [1.82, 2.24) is 0 Å². The van der Waals surface area contributed by atoms with Gasteiger partial charge >= 0.3 is 5.97 Å². The van der Waals surface area contributed by atoms with Crippen molar-refractivity contribution in [3.8, 4) is 5.75 Å². The van der Waals surface area contributed by atoms with Crippen molar-refractivity contribution >= 4 is 16.7 Å². The second kappa shape index (κ2) is 9.22. The molecule has 0 heterocycles. The van der Waals surface area contributed by atoms with E-state index in [0.717, 1.165) is 17.7 Å². The minimum Gasteiger partial charge on any atom is -0.489 e. The highest BCUT2D eigenvalue weighted by Crippen LogP contribution is 2.37. The number of carbonyl (C=O) groups is 1.